The van der Waals surface area contributed by atoms with Crippen LogP contribution in [0.25, 0.3) is 0 Å². The molecule has 0 heterocycles. The number of thioether (sulfide) groups is 1. The summed E-state index contributed by atoms with van der Waals surface area (Å²) in [5.74, 6) is 2.57. The second-order valence-corrected chi connectivity index (χ2v) is 10.3. The van der Waals surface area contributed by atoms with E-state index in [1.807, 2.05) is 6.07 Å². The molecule has 4 unspecified atom stereocenters. The largest absolute Gasteiger partial charge is 0.481 e. The zero-order valence-electron chi connectivity index (χ0n) is 14.8. The summed E-state index contributed by atoms with van der Waals surface area (Å²) in [6.07, 6.45) is 5.39. The molecule has 1 aromatic rings. The number of nitrogens with one attached hydrogen (secondary N) is 1. The molecule has 2 saturated carbocycles. The third-order valence-electron chi connectivity index (χ3n) is 5.71. The Morgan fingerprint density at radius 2 is 1.88 bits per heavy atom. The van der Waals surface area contributed by atoms with Gasteiger partial charge in [-0.1, -0.05) is 18.2 Å². The van der Waals surface area contributed by atoms with E-state index in [1.165, 1.54) is 6.42 Å². The molecular weight excluding hydrogens is 370 g/mol. The summed E-state index contributed by atoms with van der Waals surface area (Å²) in [6, 6.07) is 8.65. The van der Waals surface area contributed by atoms with Crippen molar-refractivity contribution in [3.63, 3.8) is 0 Å². The van der Waals surface area contributed by atoms with Crippen molar-refractivity contribution in [3.05, 3.63) is 30.3 Å². The maximum absolute atomic E-state index is 12.7. The summed E-state index contributed by atoms with van der Waals surface area (Å²) in [7, 11) is -3.47. The first-order chi connectivity index (χ1) is 12.5. The molecule has 7 heteroatoms. The Labute approximate surface area is 160 Å². The lowest BCUT2D eigenvalue weighted by atomic mass is 9.83. The maximum Gasteiger partial charge on any atom is 0.303 e. The molecule has 0 aromatic heterocycles. The van der Waals surface area contributed by atoms with Crippen LogP contribution in [0.2, 0.25) is 0 Å². The van der Waals surface area contributed by atoms with E-state index in [1.54, 1.807) is 36.0 Å². The highest BCUT2D eigenvalue weighted by atomic mass is 32.2. The second-order valence-electron chi connectivity index (χ2n) is 7.36. The van der Waals surface area contributed by atoms with Crippen molar-refractivity contribution < 1.29 is 18.3 Å². The number of aliphatic carboxylic acids is 1. The first-order valence-corrected chi connectivity index (χ1v) is 12.0. The molecule has 5 nitrogen and oxygen atoms in total. The SMILES string of the molecule is O=C(O)CCCSCCC1C2CCC(C2)C1NS(=O)(=O)c1ccccc1. The number of carbonyl (C=O) groups is 1. The van der Waals surface area contributed by atoms with E-state index >= 15 is 0 Å². The molecular formula is C19H27NO4S2. The Bertz CT molecular complexity index is 708. The topological polar surface area (TPSA) is 83.5 Å². The Morgan fingerprint density at radius 1 is 1.15 bits per heavy atom. The minimum absolute atomic E-state index is 0.0403. The van der Waals surface area contributed by atoms with Crippen LogP contribution in [0.5, 0.6) is 0 Å². The van der Waals surface area contributed by atoms with Gasteiger partial charge in [-0.05, 0) is 73.5 Å². The van der Waals surface area contributed by atoms with Crippen molar-refractivity contribution in [2.45, 2.75) is 49.5 Å². The lowest BCUT2D eigenvalue weighted by Gasteiger charge is -2.31. The highest BCUT2D eigenvalue weighted by molar-refractivity contribution is 7.99. The number of benzene rings is 1. The highest BCUT2D eigenvalue weighted by Crippen LogP contribution is 2.50. The van der Waals surface area contributed by atoms with E-state index in [0.717, 1.165) is 30.8 Å². The first kappa shape index (κ1) is 19.7. The molecule has 2 bridgehead atoms. The number of rotatable bonds is 10. The van der Waals surface area contributed by atoms with Gasteiger partial charge in [-0.15, -0.1) is 0 Å². The third kappa shape index (κ3) is 4.81. The average Bonchev–Trinajstić information content (AvgIpc) is 3.20. The Kier molecular flexibility index (Phi) is 6.64. The number of hydrogen-bond donors (Lipinski definition) is 2. The van der Waals surface area contributed by atoms with Crippen molar-refractivity contribution in [3.8, 4) is 0 Å². The van der Waals surface area contributed by atoms with Gasteiger partial charge in [-0.3, -0.25) is 4.79 Å². The smallest absolute Gasteiger partial charge is 0.303 e. The summed E-state index contributed by atoms with van der Waals surface area (Å²) in [4.78, 5) is 10.9. The zero-order chi connectivity index (χ0) is 18.6. The first-order valence-electron chi connectivity index (χ1n) is 9.34. The number of carboxylic acids is 1. The molecule has 0 aliphatic heterocycles. The fraction of sp³-hybridized carbons (Fsp3) is 0.632. The normalized spacial score (nSPS) is 27.7. The minimum Gasteiger partial charge on any atom is -0.481 e. The van der Waals surface area contributed by atoms with E-state index in [9.17, 15) is 13.2 Å². The molecule has 2 fully saturated rings. The van der Waals surface area contributed by atoms with E-state index in [0.29, 0.717) is 29.1 Å². The second kappa shape index (κ2) is 8.76. The van der Waals surface area contributed by atoms with Crippen LogP contribution in [0.1, 0.15) is 38.5 Å². The monoisotopic (exact) mass is 397 g/mol. The summed E-state index contributed by atoms with van der Waals surface area (Å²) in [6.45, 7) is 0. The van der Waals surface area contributed by atoms with Gasteiger partial charge in [-0.25, -0.2) is 13.1 Å². The van der Waals surface area contributed by atoms with Gasteiger partial charge in [0.2, 0.25) is 10.0 Å². The van der Waals surface area contributed by atoms with Crippen molar-refractivity contribution in [1.29, 1.82) is 0 Å². The maximum atomic E-state index is 12.7. The average molecular weight is 398 g/mol. The van der Waals surface area contributed by atoms with Gasteiger partial charge in [0.15, 0.2) is 0 Å². The number of sulfonamides is 1. The van der Waals surface area contributed by atoms with Gasteiger partial charge in [0.05, 0.1) is 4.90 Å². The van der Waals surface area contributed by atoms with Crippen molar-refractivity contribution >= 4 is 27.8 Å². The van der Waals surface area contributed by atoms with Crippen molar-refractivity contribution in [1.82, 2.24) is 4.72 Å². The van der Waals surface area contributed by atoms with Gasteiger partial charge in [0.25, 0.3) is 0 Å². The van der Waals surface area contributed by atoms with E-state index in [2.05, 4.69) is 4.72 Å². The molecule has 144 valence electrons. The molecule has 2 aliphatic carbocycles. The van der Waals surface area contributed by atoms with Gasteiger partial charge >= 0.3 is 5.97 Å². The van der Waals surface area contributed by atoms with Gasteiger partial charge in [-0.2, -0.15) is 11.8 Å². The van der Waals surface area contributed by atoms with Crippen LogP contribution in [-0.2, 0) is 14.8 Å². The Hall–Kier alpha value is -1.05. The van der Waals surface area contributed by atoms with Gasteiger partial charge in [0.1, 0.15) is 0 Å². The zero-order valence-corrected chi connectivity index (χ0v) is 16.5. The predicted octanol–water partition coefficient (Wildman–Crippen LogP) is 3.37. The van der Waals surface area contributed by atoms with Crippen LogP contribution in [-0.4, -0.2) is 37.0 Å². The van der Waals surface area contributed by atoms with Crippen LogP contribution < -0.4 is 4.72 Å². The molecule has 4 atom stereocenters. The third-order valence-corrected chi connectivity index (χ3v) is 8.28. The lowest BCUT2D eigenvalue weighted by Crippen LogP contribution is -2.44. The summed E-state index contributed by atoms with van der Waals surface area (Å²) < 4.78 is 28.4. The van der Waals surface area contributed by atoms with Crippen LogP contribution in [0.15, 0.2) is 35.2 Å². The number of fused-ring (bicyclic) bond motifs is 2. The number of hydrogen-bond acceptors (Lipinski definition) is 4. The molecule has 0 radical (unpaired) electrons. The molecule has 26 heavy (non-hydrogen) atoms. The van der Waals surface area contributed by atoms with Gasteiger partial charge in [0, 0.05) is 12.5 Å². The fourth-order valence-corrected chi connectivity index (χ4v) is 6.87. The van der Waals surface area contributed by atoms with E-state index in [4.69, 9.17) is 5.11 Å². The molecule has 2 N–H and O–H groups in total. The van der Waals surface area contributed by atoms with Crippen LogP contribution in [0, 0.1) is 17.8 Å². The van der Waals surface area contributed by atoms with Crippen LogP contribution in [0.4, 0.5) is 0 Å². The summed E-state index contributed by atoms with van der Waals surface area (Å²) in [5, 5.41) is 8.68. The predicted molar refractivity (Wildman–Crippen MR) is 104 cm³/mol. The Balaban J connectivity index is 1.55. The van der Waals surface area contributed by atoms with Crippen LogP contribution >= 0.6 is 11.8 Å². The molecule has 0 saturated heterocycles. The highest BCUT2D eigenvalue weighted by Gasteiger charge is 2.48. The minimum atomic E-state index is -3.47. The Morgan fingerprint density at radius 3 is 2.62 bits per heavy atom. The van der Waals surface area contributed by atoms with E-state index < -0.39 is 16.0 Å². The van der Waals surface area contributed by atoms with Gasteiger partial charge < -0.3 is 5.11 Å². The number of carboxylic acid groups (broad SMARTS) is 1. The summed E-state index contributed by atoms with van der Waals surface area (Å²) in [5.41, 5.74) is 0. The van der Waals surface area contributed by atoms with Crippen molar-refractivity contribution in [2.75, 3.05) is 11.5 Å². The quantitative estimate of drug-likeness (QED) is 0.592. The summed E-state index contributed by atoms with van der Waals surface area (Å²) >= 11 is 1.79. The lowest BCUT2D eigenvalue weighted by molar-refractivity contribution is -0.137. The molecule has 0 spiro atoms. The molecule has 2 aliphatic rings. The van der Waals surface area contributed by atoms with Crippen LogP contribution in [0.3, 0.4) is 0 Å². The molecule has 0 amide bonds. The van der Waals surface area contributed by atoms with E-state index in [-0.39, 0.29) is 12.5 Å². The molecule has 3 rings (SSSR count). The fourth-order valence-electron chi connectivity index (χ4n) is 4.50. The molecule has 1 aromatic carbocycles. The van der Waals surface area contributed by atoms with Crippen molar-refractivity contribution in [2.24, 2.45) is 17.8 Å². The standard InChI is InChI=1S/C19H27NO4S2/c21-18(22)7-4-11-25-12-10-17-14-8-9-15(13-14)19(17)20-26(23,24)16-5-2-1-3-6-16/h1-3,5-6,14-15,17,19-20H,4,7-13H2,(H,21,22).